The van der Waals surface area contributed by atoms with Gasteiger partial charge < -0.3 is 10.2 Å². The maximum atomic E-state index is 13.1. The van der Waals surface area contributed by atoms with E-state index in [1.54, 1.807) is 23.1 Å². The Labute approximate surface area is 203 Å². The quantitative estimate of drug-likeness (QED) is 0.609. The fourth-order valence-electron chi connectivity index (χ4n) is 7.50. The number of hydrogen-bond acceptors (Lipinski definition) is 4. The highest BCUT2D eigenvalue weighted by Gasteiger charge is 2.54. The van der Waals surface area contributed by atoms with Crippen molar-refractivity contribution in [2.75, 3.05) is 31.1 Å². The zero-order chi connectivity index (χ0) is 24.1. The van der Waals surface area contributed by atoms with Gasteiger partial charge in [-0.2, -0.15) is 4.31 Å². The molecule has 7 nitrogen and oxygen atoms in total. The van der Waals surface area contributed by atoms with Gasteiger partial charge in [0.25, 0.3) is 0 Å². The highest BCUT2D eigenvalue weighted by atomic mass is 32.2. The summed E-state index contributed by atoms with van der Waals surface area (Å²) in [5, 5.41) is 3.10. The summed E-state index contributed by atoms with van der Waals surface area (Å²) in [5.41, 5.74) is 1.49. The van der Waals surface area contributed by atoms with E-state index in [9.17, 15) is 18.0 Å². The molecule has 6 rings (SSSR count). The number of carbonyl (C=O) groups is 2. The van der Waals surface area contributed by atoms with Crippen LogP contribution in [0.3, 0.4) is 0 Å². The molecule has 2 amide bonds. The molecule has 0 spiro atoms. The van der Waals surface area contributed by atoms with Gasteiger partial charge in [-0.25, -0.2) is 8.42 Å². The van der Waals surface area contributed by atoms with E-state index in [1.807, 2.05) is 13.8 Å². The second-order valence-electron chi connectivity index (χ2n) is 10.9. The van der Waals surface area contributed by atoms with Crippen LogP contribution >= 0.6 is 0 Å². The second kappa shape index (κ2) is 8.94. The van der Waals surface area contributed by atoms with Crippen LogP contribution in [-0.4, -0.2) is 50.7 Å². The average molecular weight is 488 g/mol. The number of carbonyl (C=O) groups excluding carboxylic acids is 2. The van der Waals surface area contributed by atoms with Gasteiger partial charge in [0.15, 0.2) is 0 Å². The van der Waals surface area contributed by atoms with Crippen LogP contribution in [0.15, 0.2) is 23.1 Å². The van der Waals surface area contributed by atoms with Gasteiger partial charge in [-0.15, -0.1) is 0 Å². The summed E-state index contributed by atoms with van der Waals surface area (Å²) in [7, 11) is -3.52. The van der Waals surface area contributed by atoms with Crippen LogP contribution in [0.5, 0.6) is 0 Å². The number of nitrogens with zero attached hydrogens (tertiary/aromatic N) is 2. The van der Waals surface area contributed by atoms with Gasteiger partial charge in [-0.05, 0) is 86.5 Å². The van der Waals surface area contributed by atoms with Crippen molar-refractivity contribution in [1.29, 1.82) is 0 Å². The molecule has 0 saturated heterocycles. The molecule has 4 fully saturated rings. The van der Waals surface area contributed by atoms with E-state index >= 15 is 0 Å². The molecule has 186 valence electrons. The van der Waals surface area contributed by atoms with Gasteiger partial charge in [0.05, 0.1) is 4.90 Å². The van der Waals surface area contributed by atoms with Gasteiger partial charge in [-0.3, -0.25) is 9.59 Å². The summed E-state index contributed by atoms with van der Waals surface area (Å²) in [6.45, 7) is 5.42. The molecule has 0 unspecified atom stereocenters. The zero-order valence-electron chi connectivity index (χ0n) is 20.4. The number of nitrogens with one attached hydrogen (secondary N) is 1. The van der Waals surface area contributed by atoms with Crippen molar-refractivity contribution in [3.63, 3.8) is 0 Å². The summed E-state index contributed by atoms with van der Waals surface area (Å²) < 4.78 is 27.1. The zero-order valence-corrected chi connectivity index (χ0v) is 21.2. The summed E-state index contributed by atoms with van der Waals surface area (Å²) in [6, 6.07) is 5.07. The molecule has 8 heteroatoms. The predicted molar refractivity (Wildman–Crippen MR) is 131 cm³/mol. The first-order chi connectivity index (χ1) is 16.3. The van der Waals surface area contributed by atoms with E-state index in [0.29, 0.717) is 32.6 Å². The van der Waals surface area contributed by atoms with Crippen LogP contribution in [0.4, 0.5) is 5.69 Å². The highest BCUT2D eigenvalue weighted by Crippen LogP contribution is 2.60. The minimum absolute atomic E-state index is 0.0242. The Morgan fingerprint density at radius 3 is 2.26 bits per heavy atom. The molecule has 1 aliphatic heterocycles. The van der Waals surface area contributed by atoms with Crippen molar-refractivity contribution >= 4 is 27.5 Å². The molecular weight excluding hydrogens is 450 g/mol. The molecule has 5 aliphatic rings. The lowest BCUT2D eigenvalue weighted by molar-refractivity contribution is -0.146. The molecule has 4 aliphatic carbocycles. The van der Waals surface area contributed by atoms with Gasteiger partial charge >= 0.3 is 0 Å². The third kappa shape index (κ3) is 4.06. The van der Waals surface area contributed by atoms with Crippen LogP contribution in [0, 0.1) is 23.2 Å². The SMILES string of the molecule is CCN(CC)S(=O)(=O)c1ccc2c(c1)CCN2C(=O)CCNC(=O)C12CC3CC(CC(C3)C1)C2. The van der Waals surface area contributed by atoms with Gasteiger partial charge in [-0.1, -0.05) is 13.8 Å². The smallest absolute Gasteiger partial charge is 0.243 e. The van der Waals surface area contributed by atoms with Crippen LogP contribution in [0.25, 0.3) is 0 Å². The summed E-state index contributed by atoms with van der Waals surface area (Å²) >= 11 is 0. The Bertz CT molecular complexity index is 1040. The number of fused-ring (bicyclic) bond motifs is 1. The van der Waals surface area contributed by atoms with Crippen molar-refractivity contribution < 1.29 is 18.0 Å². The third-order valence-corrected chi connectivity index (χ3v) is 10.8. The van der Waals surface area contributed by atoms with E-state index in [-0.39, 0.29) is 28.5 Å². The molecule has 0 aromatic heterocycles. The summed E-state index contributed by atoms with van der Waals surface area (Å²) in [6.07, 6.45) is 7.89. The van der Waals surface area contributed by atoms with E-state index < -0.39 is 10.0 Å². The monoisotopic (exact) mass is 487 g/mol. The lowest BCUT2D eigenvalue weighted by atomic mass is 9.49. The van der Waals surface area contributed by atoms with Crippen molar-refractivity contribution in [1.82, 2.24) is 9.62 Å². The lowest BCUT2D eigenvalue weighted by Crippen LogP contribution is -2.53. The maximum Gasteiger partial charge on any atom is 0.243 e. The van der Waals surface area contributed by atoms with E-state index in [1.165, 1.54) is 23.6 Å². The molecule has 1 aromatic rings. The van der Waals surface area contributed by atoms with Gasteiger partial charge in [0.2, 0.25) is 21.8 Å². The van der Waals surface area contributed by atoms with Crippen molar-refractivity contribution in [3.8, 4) is 0 Å². The van der Waals surface area contributed by atoms with Crippen molar-refractivity contribution in [2.45, 2.75) is 70.1 Å². The van der Waals surface area contributed by atoms with Gasteiger partial charge in [0, 0.05) is 43.7 Å². The predicted octanol–water partition coefficient (Wildman–Crippen LogP) is 3.33. The third-order valence-electron chi connectivity index (χ3n) is 8.74. The Hall–Kier alpha value is -1.93. The lowest BCUT2D eigenvalue weighted by Gasteiger charge is -2.55. The van der Waals surface area contributed by atoms with Crippen molar-refractivity contribution in [2.24, 2.45) is 23.2 Å². The molecule has 0 radical (unpaired) electrons. The summed E-state index contributed by atoms with van der Waals surface area (Å²) in [4.78, 5) is 28.1. The van der Waals surface area contributed by atoms with Crippen molar-refractivity contribution in [3.05, 3.63) is 23.8 Å². The van der Waals surface area contributed by atoms with Crippen LogP contribution in [0.1, 0.15) is 64.4 Å². The molecule has 0 atom stereocenters. The highest BCUT2D eigenvalue weighted by molar-refractivity contribution is 7.89. The topological polar surface area (TPSA) is 86.8 Å². The standard InChI is InChI=1S/C26H37N3O4S/c1-3-28(4-2)34(32,33)22-5-6-23-21(14-22)8-10-29(23)24(30)7-9-27-25(31)26-15-18-11-19(16-26)13-20(12-18)17-26/h5-6,14,18-20H,3-4,7-13,15-17H2,1-2H3,(H,27,31). The van der Waals surface area contributed by atoms with E-state index in [0.717, 1.165) is 48.3 Å². The number of amides is 2. The number of hydrogen-bond donors (Lipinski definition) is 1. The van der Waals surface area contributed by atoms with E-state index in [2.05, 4.69) is 5.32 Å². The van der Waals surface area contributed by atoms with Crippen LogP contribution < -0.4 is 10.2 Å². The first-order valence-electron chi connectivity index (χ1n) is 13.0. The Balaban J connectivity index is 1.19. The molecule has 4 saturated carbocycles. The number of sulfonamides is 1. The fraction of sp³-hybridized carbons (Fsp3) is 0.692. The molecule has 34 heavy (non-hydrogen) atoms. The first-order valence-corrected chi connectivity index (χ1v) is 14.4. The maximum absolute atomic E-state index is 13.1. The largest absolute Gasteiger partial charge is 0.355 e. The molecular formula is C26H37N3O4S. The molecule has 1 aromatic carbocycles. The fourth-order valence-corrected chi connectivity index (χ4v) is 9.01. The summed E-state index contributed by atoms with van der Waals surface area (Å²) in [5.74, 6) is 2.29. The number of benzene rings is 1. The molecule has 1 heterocycles. The minimum Gasteiger partial charge on any atom is -0.355 e. The average Bonchev–Trinajstić information content (AvgIpc) is 3.22. The first kappa shape index (κ1) is 23.8. The second-order valence-corrected chi connectivity index (χ2v) is 12.8. The van der Waals surface area contributed by atoms with Crippen LogP contribution in [-0.2, 0) is 26.0 Å². The Morgan fingerprint density at radius 2 is 1.68 bits per heavy atom. The van der Waals surface area contributed by atoms with Crippen LogP contribution in [0.2, 0.25) is 0 Å². The number of rotatable bonds is 8. The Morgan fingerprint density at radius 1 is 1.06 bits per heavy atom. The normalized spacial score (nSPS) is 29.5. The number of anilines is 1. The molecule has 1 N–H and O–H groups in total. The minimum atomic E-state index is -3.52. The van der Waals surface area contributed by atoms with E-state index in [4.69, 9.17) is 0 Å². The molecule has 4 bridgehead atoms. The van der Waals surface area contributed by atoms with Gasteiger partial charge in [0.1, 0.15) is 0 Å². The Kier molecular flexibility index (Phi) is 6.25.